The second-order valence-corrected chi connectivity index (χ2v) is 5.32. The van der Waals surface area contributed by atoms with Gasteiger partial charge in [-0.05, 0) is 37.1 Å². The van der Waals surface area contributed by atoms with E-state index >= 15 is 0 Å². The lowest BCUT2D eigenvalue weighted by atomic mass is 10.2. The fourth-order valence-corrected chi connectivity index (χ4v) is 2.00. The van der Waals surface area contributed by atoms with Crippen molar-refractivity contribution >= 4 is 23.0 Å². The van der Waals surface area contributed by atoms with Gasteiger partial charge in [-0.3, -0.25) is 0 Å². The van der Waals surface area contributed by atoms with Gasteiger partial charge in [-0.1, -0.05) is 20.4 Å². The van der Waals surface area contributed by atoms with Crippen LogP contribution in [-0.4, -0.2) is 23.1 Å². The zero-order valence-corrected chi connectivity index (χ0v) is 13.9. The highest BCUT2D eigenvalue weighted by Gasteiger charge is 2.02. The minimum atomic E-state index is 0.769. The average molecular weight is 311 g/mol. The molecule has 5 nitrogen and oxygen atoms in total. The van der Waals surface area contributed by atoms with Crippen molar-refractivity contribution in [2.45, 2.75) is 26.7 Å². The SMILES string of the molecule is C=C(Nc1ccc(NCCC)cn1)c1ccc(NCCC)nc1. The number of hydrogen-bond donors (Lipinski definition) is 3. The highest BCUT2D eigenvalue weighted by molar-refractivity contribution is 5.74. The molecule has 0 saturated heterocycles. The van der Waals surface area contributed by atoms with Gasteiger partial charge in [-0.15, -0.1) is 0 Å². The van der Waals surface area contributed by atoms with Crippen molar-refractivity contribution in [1.82, 2.24) is 9.97 Å². The second-order valence-electron chi connectivity index (χ2n) is 5.32. The molecule has 0 amide bonds. The van der Waals surface area contributed by atoms with Crippen LogP contribution in [0.25, 0.3) is 5.70 Å². The minimum Gasteiger partial charge on any atom is -0.384 e. The monoisotopic (exact) mass is 311 g/mol. The Hall–Kier alpha value is -2.56. The van der Waals surface area contributed by atoms with Crippen LogP contribution in [0.5, 0.6) is 0 Å². The summed E-state index contributed by atoms with van der Waals surface area (Å²) in [5.74, 6) is 1.65. The molecule has 122 valence electrons. The molecule has 0 saturated carbocycles. The summed E-state index contributed by atoms with van der Waals surface area (Å²) in [5, 5.41) is 9.76. The Morgan fingerprint density at radius 1 is 0.913 bits per heavy atom. The van der Waals surface area contributed by atoms with E-state index in [1.54, 1.807) is 0 Å². The Balaban J connectivity index is 1.93. The second kappa shape index (κ2) is 8.78. The van der Waals surface area contributed by atoms with Crippen molar-refractivity contribution in [2.24, 2.45) is 0 Å². The van der Waals surface area contributed by atoms with E-state index in [-0.39, 0.29) is 0 Å². The lowest BCUT2D eigenvalue weighted by molar-refractivity contribution is 0.969. The topological polar surface area (TPSA) is 61.9 Å². The molecule has 0 aliphatic rings. The highest BCUT2D eigenvalue weighted by Crippen LogP contribution is 2.17. The lowest BCUT2D eigenvalue weighted by Gasteiger charge is -2.11. The van der Waals surface area contributed by atoms with Crippen LogP contribution in [-0.2, 0) is 0 Å². The first kappa shape index (κ1) is 16.8. The smallest absolute Gasteiger partial charge is 0.130 e. The van der Waals surface area contributed by atoms with E-state index in [1.807, 2.05) is 36.7 Å². The maximum Gasteiger partial charge on any atom is 0.130 e. The lowest BCUT2D eigenvalue weighted by Crippen LogP contribution is -2.04. The summed E-state index contributed by atoms with van der Waals surface area (Å²) in [6.45, 7) is 10.2. The van der Waals surface area contributed by atoms with E-state index in [9.17, 15) is 0 Å². The molecule has 0 radical (unpaired) electrons. The Morgan fingerprint density at radius 2 is 1.61 bits per heavy atom. The third kappa shape index (κ3) is 5.29. The van der Waals surface area contributed by atoms with Crippen LogP contribution in [0, 0.1) is 0 Å². The molecule has 2 heterocycles. The van der Waals surface area contributed by atoms with E-state index in [1.165, 1.54) is 0 Å². The molecule has 0 fully saturated rings. The van der Waals surface area contributed by atoms with Gasteiger partial charge < -0.3 is 16.0 Å². The molecule has 0 aliphatic heterocycles. The Kier molecular flexibility index (Phi) is 6.41. The normalized spacial score (nSPS) is 10.2. The predicted molar refractivity (Wildman–Crippen MR) is 98.7 cm³/mol. The van der Waals surface area contributed by atoms with Crippen molar-refractivity contribution in [1.29, 1.82) is 0 Å². The largest absolute Gasteiger partial charge is 0.384 e. The van der Waals surface area contributed by atoms with Gasteiger partial charge >= 0.3 is 0 Å². The van der Waals surface area contributed by atoms with Crippen molar-refractivity contribution in [3.8, 4) is 0 Å². The van der Waals surface area contributed by atoms with Gasteiger partial charge in [0.15, 0.2) is 0 Å². The molecule has 3 N–H and O–H groups in total. The van der Waals surface area contributed by atoms with Gasteiger partial charge in [0.05, 0.1) is 11.9 Å². The maximum absolute atomic E-state index is 4.39. The molecular weight excluding hydrogens is 286 g/mol. The van der Waals surface area contributed by atoms with Crippen molar-refractivity contribution < 1.29 is 0 Å². The first-order valence-electron chi connectivity index (χ1n) is 8.09. The van der Waals surface area contributed by atoms with Crippen LogP contribution in [0.4, 0.5) is 17.3 Å². The number of nitrogens with one attached hydrogen (secondary N) is 3. The number of hydrogen-bond acceptors (Lipinski definition) is 5. The van der Waals surface area contributed by atoms with Crippen molar-refractivity contribution in [3.63, 3.8) is 0 Å². The van der Waals surface area contributed by atoms with Crippen LogP contribution in [0.2, 0.25) is 0 Å². The van der Waals surface area contributed by atoms with Crippen LogP contribution >= 0.6 is 0 Å². The van der Waals surface area contributed by atoms with Crippen LogP contribution in [0.15, 0.2) is 43.2 Å². The number of rotatable bonds is 9. The summed E-state index contributed by atoms with van der Waals surface area (Å²) in [6, 6.07) is 7.91. The van der Waals surface area contributed by atoms with E-state index < -0.39 is 0 Å². The Labute approximate surface area is 138 Å². The summed E-state index contributed by atoms with van der Waals surface area (Å²) in [4.78, 5) is 8.77. The van der Waals surface area contributed by atoms with Crippen molar-refractivity contribution in [2.75, 3.05) is 29.0 Å². The number of nitrogens with zero attached hydrogens (tertiary/aromatic N) is 2. The van der Waals surface area contributed by atoms with E-state index in [0.29, 0.717) is 0 Å². The zero-order valence-electron chi connectivity index (χ0n) is 13.9. The molecule has 0 atom stereocenters. The fourth-order valence-electron chi connectivity index (χ4n) is 2.00. The van der Waals surface area contributed by atoms with Gasteiger partial charge in [-0.2, -0.15) is 0 Å². The van der Waals surface area contributed by atoms with E-state index in [0.717, 1.165) is 54.5 Å². The average Bonchev–Trinajstić information content (AvgIpc) is 2.59. The number of aromatic nitrogens is 2. The number of anilines is 3. The molecule has 5 heteroatoms. The third-order valence-electron chi connectivity index (χ3n) is 3.29. The first-order chi connectivity index (χ1) is 11.2. The molecular formula is C18H25N5. The van der Waals surface area contributed by atoms with Crippen molar-refractivity contribution in [3.05, 3.63) is 48.8 Å². The molecule has 2 aromatic rings. The van der Waals surface area contributed by atoms with Gasteiger partial charge in [-0.25, -0.2) is 9.97 Å². The van der Waals surface area contributed by atoms with Crippen LogP contribution < -0.4 is 16.0 Å². The summed E-state index contributed by atoms with van der Waals surface area (Å²) in [6.07, 6.45) is 5.80. The molecule has 0 unspecified atom stereocenters. The fraction of sp³-hybridized carbons (Fsp3) is 0.333. The van der Waals surface area contributed by atoms with Gasteiger partial charge in [0.1, 0.15) is 11.6 Å². The Bertz CT molecular complexity index is 604. The summed E-state index contributed by atoms with van der Waals surface area (Å²) < 4.78 is 0. The van der Waals surface area contributed by atoms with Gasteiger partial charge in [0, 0.05) is 30.5 Å². The van der Waals surface area contributed by atoms with E-state index in [2.05, 4.69) is 46.3 Å². The maximum atomic E-state index is 4.39. The van der Waals surface area contributed by atoms with Gasteiger partial charge in [0.2, 0.25) is 0 Å². The van der Waals surface area contributed by atoms with Crippen LogP contribution in [0.1, 0.15) is 32.3 Å². The Morgan fingerprint density at radius 3 is 2.22 bits per heavy atom. The molecule has 23 heavy (non-hydrogen) atoms. The zero-order chi connectivity index (χ0) is 16.5. The van der Waals surface area contributed by atoms with Crippen LogP contribution in [0.3, 0.4) is 0 Å². The van der Waals surface area contributed by atoms with E-state index in [4.69, 9.17) is 0 Å². The molecule has 0 aliphatic carbocycles. The molecule has 0 aromatic carbocycles. The molecule has 0 bridgehead atoms. The third-order valence-corrected chi connectivity index (χ3v) is 3.29. The number of pyridine rings is 2. The first-order valence-corrected chi connectivity index (χ1v) is 8.09. The summed E-state index contributed by atoms with van der Waals surface area (Å²) in [7, 11) is 0. The molecule has 2 rings (SSSR count). The predicted octanol–water partition coefficient (Wildman–Crippen LogP) is 4.20. The highest BCUT2D eigenvalue weighted by atomic mass is 15.0. The standard InChI is InChI=1S/C18H25N5/c1-4-10-19-16-7-9-18(22-13-16)23-14(3)15-6-8-17(21-12-15)20-11-5-2/h6-9,12-13,19H,3-5,10-11H2,1-2H3,(H,20,21)(H,22,23). The minimum absolute atomic E-state index is 0.769. The summed E-state index contributed by atoms with van der Waals surface area (Å²) in [5.41, 5.74) is 2.75. The molecule has 2 aromatic heterocycles. The summed E-state index contributed by atoms with van der Waals surface area (Å²) >= 11 is 0. The molecule has 0 spiro atoms. The van der Waals surface area contributed by atoms with Gasteiger partial charge in [0.25, 0.3) is 0 Å². The quantitative estimate of drug-likeness (QED) is 0.648.